The van der Waals surface area contributed by atoms with Crippen LogP contribution < -0.4 is 103 Å². The van der Waals surface area contributed by atoms with E-state index >= 15 is 0 Å². The molecule has 0 aliphatic carbocycles. The van der Waals surface area contributed by atoms with Crippen molar-refractivity contribution >= 4 is 78.1 Å². The minimum absolute atomic E-state index is 0. The van der Waals surface area contributed by atoms with Gasteiger partial charge in [0.2, 0.25) is 0 Å². The van der Waals surface area contributed by atoms with Gasteiger partial charge in [-0.3, -0.25) is 0 Å². The van der Waals surface area contributed by atoms with E-state index < -0.39 is 20.7 Å². The first-order chi connectivity index (χ1) is 11.1. The minimum Gasteiger partial charge on any atom is -0.744 e. The fraction of sp³-hybridized carbons (Fsp3) is 0. The number of hydrogen-bond donors (Lipinski definition) is 0. The third-order valence-electron chi connectivity index (χ3n) is 2.49. The molecule has 0 bridgehead atoms. The summed E-state index contributed by atoms with van der Waals surface area (Å²) in [5.41, 5.74) is 1.20. The van der Waals surface area contributed by atoms with E-state index in [9.17, 15) is 13.0 Å². The first kappa shape index (κ1) is 30.6. The van der Waals surface area contributed by atoms with Crippen molar-refractivity contribution in [3.05, 3.63) is 60.7 Å². The molecule has 0 saturated carbocycles. The fourth-order valence-electron chi connectivity index (χ4n) is 1.56. The Morgan fingerprint density at radius 3 is 1.96 bits per heavy atom. The summed E-state index contributed by atoms with van der Waals surface area (Å²) in [7, 11) is -7.60. The molecule has 0 amide bonds. The molecule has 6 nitrogen and oxygen atoms in total. The molecular formula is C14H8I2K2O6S2. The molecule has 0 N–H and O–H groups in total. The Morgan fingerprint density at radius 1 is 0.962 bits per heavy atom. The maximum Gasteiger partial charge on any atom is 1.00 e. The summed E-state index contributed by atoms with van der Waals surface area (Å²) in [6, 6.07) is 13.4. The number of rotatable bonds is 3. The van der Waals surface area contributed by atoms with Crippen LogP contribution in [0.25, 0.3) is 12.2 Å². The third-order valence-corrected chi connectivity index (χ3v) is 4.72. The van der Waals surface area contributed by atoms with Gasteiger partial charge in [-0.25, -0.2) is 8.42 Å². The number of hydrogen-bond acceptors (Lipinski definition) is 6. The molecule has 2 aromatic carbocycles. The Bertz CT molecular complexity index is 953. The van der Waals surface area contributed by atoms with Crippen molar-refractivity contribution < 1.29 is 128 Å². The van der Waals surface area contributed by atoms with Crippen molar-refractivity contribution in [3.8, 4) is 0 Å². The van der Waals surface area contributed by atoms with E-state index in [-0.39, 0.29) is 108 Å². The molecule has 0 heterocycles. The van der Waals surface area contributed by atoms with Crippen LogP contribution in [0.4, 0.5) is 0 Å². The van der Waals surface area contributed by atoms with Crippen LogP contribution in [0.2, 0.25) is 0 Å². The van der Waals surface area contributed by atoms with Gasteiger partial charge in [0.15, 0.2) is 0 Å². The van der Waals surface area contributed by atoms with E-state index in [1.165, 1.54) is 6.07 Å². The molecular weight excluding hydrogens is 660 g/mol. The normalized spacial score (nSPS) is 10.1. The van der Waals surface area contributed by atoms with Gasteiger partial charge in [0, 0.05) is 3.57 Å². The van der Waals surface area contributed by atoms with Crippen LogP contribution in [0.1, 0.15) is 11.1 Å². The van der Waals surface area contributed by atoms with Crippen LogP contribution in [-0.4, -0.2) is 25.6 Å². The molecule has 0 aliphatic rings. The van der Waals surface area contributed by atoms with Gasteiger partial charge in [0.25, 0.3) is 0 Å². The monoisotopic (exact) mass is 668 g/mol. The molecule has 0 atom stereocenters. The van der Waals surface area contributed by atoms with Crippen LogP contribution in [0.3, 0.4) is 0 Å². The van der Waals surface area contributed by atoms with E-state index in [1.807, 2.05) is 40.8 Å². The molecule has 2 rings (SSSR count). The summed E-state index contributed by atoms with van der Waals surface area (Å²) in [5, 5.41) is 0. The minimum atomic E-state index is -4.48. The summed E-state index contributed by atoms with van der Waals surface area (Å²) in [5.74, 6) is 0. The van der Waals surface area contributed by atoms with Crippen LogP contribution in [0, 0.1) is 13.2 Å². The zero-order valence-corrected chi connectivity index (χ0v) is 25.8. The predicted octanol–water partition coefficient (Wildman–Crippen LogP) is -3.23. The molecule has 12 heteroatoms. The molecule has 2 aromatic rings. The van der Waals surface area contributed by atoms with E-state index in [4.69, 9.17) is 12.6 Å². The topological polar surface area (TPSA) is 108 Å². The SMILES string of the molecule is O=S(=O)([O-])c1cc(I)ccc1/C=C/c1[c-]cc(I)cc1.O=S(=O)=O.[K+].[K+]. The van der Waals surface area contributed by atoms with Gasteiger partial charge in [-0.2, -0.15) is 5.56 Å². The second-order valence-electron chi connectivity index (χ2n) is 4.14. The Hall–Kier alpha value is 2.44. The first-order valence-corrected chi connectivity index (χ1v) is 10.5. The smallest absolute Gasteiger partial charge is 0.744 e. The summed E-state index contributed by atoms with van der Waals surface area (Å²) in [6.45, 7) is 0. The predicted molar refractivity (Wildman–Crippen MR) is 104 cm³/mol. The molecule has 0 saturated heterocycles. The van der Waals surface area contributed by atoms with E-state index in [1.54, 1.807) is 24.3 Å². The number of benzene rings is 2. The number of halogens is 2. The fourth-order valence-corrected chi connectivity index (χ4v) is 3.30. The van der Waals surface area contributed by atoms with Gasteiger partial charge in [0.1, 0.15) is 10.1 Å². The summed E-state index contributed by atoms with van der Waals surface area (Å²) >= 11 is 4.15. The van der Waals surface area contributed by atoms with Gasteiger partial charge in [-0.1, -0.05) is 15.7 Å². The molecule has 0 fully saturated rings. The van der Waals surface area contributed by atoms with Crippen molar-refractivity contribution in [1.82, 2.24) is 0 Å². The third kappa shape index (κ3) is 12.9. The van der Waals surface area contributed by atoms with E-state index in [0.29, 0.717) is 9.13 Å². The average Bonchev–Trinajstić information content (AvgIpc) is 2.46. The van der Waals surface area contributed by atoms with Crippen molar-refractivity contribution in [1.29, 1.82) is 0 Å². The molecule has 0 unspecified atom stereocenters. The second-order valence-corrected chi connectivity index (χ2v) is 8.38. The van der Waals surface area contributed by atoms with Gasteiger partial charge in [-0.15, -0.1) is 65.6 Å². The maximum atomic E-state index is 11.3. The Labute approximate surface area is 265 Å². The van der Waals surface area contributed by atoms with Crippen molar-refractivity contribution in [2.24, 2.45) is 0 Å². The Morgan fingerprint density at radius 2 is 1.50 bits per heavy atom. The Balaban J connectivity index is 0. The van der Waals surface area contributed by atoms with Crippen LogP contribution >= 0.6 is 45.2 Å². The van der Waals surface area contributed by atoms with Gasteiger partial charge >= 0.3 is 113 Å². The second kappa shape index (κ2) is 15.3. The van der Waals surface area contributed by atoms with Gasteiger partial charge < -0.3 is 4.55 Å². The van der Waals surface area contributed by atoms with Gasteiger partial charge in [-0.05, 0) is 40.3 Å². The summed E-state index contributed by atoms with van der Waals surface area (Å²) < 4.78 is 60.9. The Kier molecular flexibility index (Phi) is 18.0. The quantitative estimate of drug-likeness (QED) is 0.112. The van der Waals surface area contributed by atoms with Crippen LogP contribution in [-0.2, 0) is 20.7 Å². The van der Waals surface area contributed by atoms with Crippen molar-refractivity contribution in [2.75, 3.05) is 0 Å². The maximum absolute atomic E-state index is 11.3. The van der Waals surface area contributed by atoms with E-state index in [2.05, 4.69) is 28.7 Å². The molecule has 0 radical (unpaired) electrons. The summed E-state index contributed by atoms with van der Waals surface area (Å²) in [6.07, 6.45) is 3.34. The average molecular weight is 668 g/mol. The van der Waals surface area contributed by atoms with Crippen molar-refractivity contribution in [3.63, 3.8) is 0 Å². The zero-order chi connectivity index (χ0) is 18.3. The van der Waals surface area contributed by atoms with Crippen molar-refractivity contribution in [2.45, 2.75) is 4.90 Å². The van der Waals surface area contributed by atoms with Crippen LogP contribution in [0.15, 0.2) is 41.3 Å². The molecule has 128 valence electrons. The molecule has 0 spiro atoms. The molecule has 26 heavy (non-hydrogen) atoms. The molecule has 0 aliphatic heterocycles. The largest absolute Gasteiger partial charge is 1.00 e. The first-order valence-electron chi connectivity index (χ1n) is 5.97. The van der Waals surface area contributed by atoms with Gasteiger partial charge in [0.05, 0.1) is 4.90 Å². The zero-order valence-electron chi connectivity index (χ0n) is 13.6. The standard InChI is InChI=1S/C14H9I2O3S.2K.O3S/c15-12-6-2-10(3-7-12)1-4-11-5-8-13(16)9-14(11)20(17,18)19;;;1-4(2)3/h1-2,4-9H,(H,17,18,19);;;/q-1;2*+1;/p-1/b4-1+;;;. The summed E-state index contributed by atoms with van der Waals surface area (Å²) in [4.78, 5) is -0.203. The van der Waals surface area contributed by atoms with Crippen LogP contribution in [0.5, 0.6) is 0 Å². The molecule has 0 aromatic heterocycles. The van der Waals surface area contributed by atoms with E-state index in [0.717, 1.165) is 9.13 Å².